The van der Waals surface area contributed by atoms with Crippen molar-refractivity contribution in [3.05, 3.63) is 70.5 Å². The summed E-state index contributed by atoms with van der Waals surface area (Å²) in [7, 11) is 0. The lowest BCUT2D eigenvalue weighted by atomic mass is 10.1. The predicted octanol–water partition coefficient (Wildman–Crippen LogP) is 5.06. The van der Waals surface area contributed by atoms with Crippen molar-refractivity contribution in [3.8, 4) is 28.4 Å². The molecule has 0 unspecified atom stereocenters. The molecule has 0 spiro atoms. The molecule has 33 heavy (non-hydrogen) atoms. The van der Waals surface area contributed by atoms with Crippen LogP contribution in [0.3, 0.4) is 0 Å². The highest BCUT2D eigenvalue weighted by Crippen LogP contribution is 2.28. The van der Waals surface area contributed by atoms with Crippen LogP contribution in [-0.4, -0.2) is 33.0 Å². The molecular formula is C23H16F2N4O3S. The molecule has 5 aromatic rings. The summed E-state index contributed by atoms with van der Waals surface area (Å²) in [4.78, 5) is 22.4. The van der Waals surface area contributed by atoms with Crippen molar-refractivity contribution in [1.82, 2.24) is 19.7 Å². The summed E-state index contributed by atoms with van der Waals surface area (Å²) in [5, 5.41) is 4.53. The molecule has 0 aliphatic heterocycles. The number of ether oxygens (including phenoxy) is 2. The maximum absolute atomic E-state index is 13.6. The van der Waals surface area contributed by atoms with Crippen LogP contribution in [-0.2, 0) is 0 Å². The first-order valence-corrected chi connectivity index (χ1v) is 10.9. The van der Waals surface area contributed by atoms with E-state index < -0.39 is 12.2 Å². The summed E-state index contributed by atoms with van der Waals surface area (Å²) in [6.07, 6.45) is 0. The van der Waals surface area contributed by atoms with Crippen LogP contribution >= 0.6 is 11.3 Å². The molecule has 0 radical (unpaired) electrons. The fraction of sp³-hybridized carbons (Fsp3) is 0.130. The van der Waals surface area contributed by atoms with Crippen LogP contribution in [0.2, 0.25) is 0 Å². The molecular weight excluding hydrogens is 450 g/mol. The molecule has 0 N–H and O–H groups in total. The van der Waals surface area contributed by atoms with Crippen molar-refractivity contribution in [1.29, 1.82) is 0 Å². The second-order valence-electron chi connectivity index (χ2n) is 6.95. The van der Waals surface area contributed by atoms with Gasteiger partial charge in [-0.1, -0.05) is 12.1 Å². The number of alkyl halides is 2. The maximum Gasteiger partial charge on any atom is 0.387 e. The minimum absolute atomic E-state index is 0.00829. The standard InChI is InChI=1S/C23H16F2N4O3S/c1-2-31-19-10-9-17-21(27-19)20(13-3-6-15(7-4-13)32-23(24)25)22(30)29(28-17)14-5-8-16-18(11-14)33-12-26-16/h3-12,23H,2H2,1H3. The summed E-state index contributed by atoms with van der Waals surface area (Å²) < 4.78 is 37.3. The van der Waals surface area contributed by atoms with E-state index in [0.29, 0.717) is 34.8 Å². The Labute approximate surface area is 189 Å². The minimum Gasteiger partial charge on any atom is -0.478 e. The molecule has 0 amide bonds. The summed E-state index contributed by atoms with van der Waals surface area (Å²) in [5.41, 5.74) is 4.32. The van der Waals surface area contributed by atoms with Crippen LogP contribution in [0.25, 0.3) is 38.1 Å². The van der Waals surface area contributed by atoms with E-state index in [1.54, 1.807) is 35.8 Å². The fourth-order valence-electron chi connectivity index (χ4n) is 3.50. The number of aromatic nitrogens is 4. The van der Waals surface area contributed by atoms with Crippen molar-refractivity contribution in [2.24, 2.45) is 0 Å². The number of fused-ring (bicyclic) bond motifs is 2. The van der Waals surface area contributed by atoms with E-state index in [-0.39, 0.29) is 11.3 Å². The largest absolute Gasteiger partial charge is 0.478 e. The summed E-state index contributed by atoms with van der Waals surface area (Å²) in [6.45, 7) is -0.695. The van der Waals surface area contributed by atoms with E-state index in [0.717, 1.165) is 10.2 Å². The summed E-state index contributed by atoms with van der Waals surface area (Å²) in [6, 6.07) is 14.7. The molecule has 0 saturated carbocycles. The van der Waals surface area contributed by atoms with Gasteiger partial charge < -0.3 is 9.47 Å². The zero-order chi connectivity index (χ0) is 22.9. The average Bonchev–Trinajstić information content (AvgIpc) is 3.27. The lowest BCUT2D eigenvalue weighted by molar-refractivity contribution is -0.0498. The number of rotatable bonds is 6. The van der Waals surface area contributed by atoms with E-state index >= 15 is 0 Å². The maximum atomic E-state index is 13.6. The van der Waals surface area contributed by atoms with Gasteiger partial charge in [0.2, 0.25) is 5.88 Å². The molecule has 3 heterocycles. The number of nitrogens with zero attached hydrogens (tertiary/aromatic N) is 4. The smallest absolute Gasteiger partial charge is 0.387 e. The molecule has 0 aliphatic rings. The Morgan fingerprint density at radius 1 is 1.06 bits per heavy atom. The first-order chi connectivity index (χ1) is 16.0. The Morgan fingerprint density at radius 2 is 1.85 bits per heavy atom. The highest BCUT2D eigenvalue weighted by atomic mass is 32.1. The number of halogens is 2. The predicted molar refractivity (Wildman–Crippen MR) is 122 cm³/mol. The van der Waals surface area contributed by atoms with E-state index in [1.165, 1.54) is 28.2 Å². The quantitative estimate of drug-likeness (QED) is 0.348. The minimum atomic E-state index is -2.94. The molecule has 5 rings (SSSR count). The molecule has 0 bridgehead atoms. The molecule has 0 atom stereocenters. The Morgan fingerprint density at radius 3 is 2.61 bits per heavy atom. The first-order valence-electron chi connectivity index (χ1n) is 9.99. The van der Waals surface area contributed by atoms with Gasteiger partial charge in [-0.25, -0.2) is 9.97 Å². The zero-order valence-electron chi connectivity index (χ0n) is 17.2. The third-order valence-electron chi connectivity index (χ3n) is 4.92. The molecule has 10 heteroatoms. The van der Waals surface area contributed by atoms with Crippen LogP contribution in [0.1, 0.15) is 6.92 Å². The lowest BCUT2D eigenvalue weighted by Gasteiger charge is -2.12. The normalized spacial score (nSPS) is 11.4. The SMILES string of the molecule is CCOc1ccc2nn(-c3ccc4ncsc4c3)c(=O)c(-c3ccc(OC(F)F)cc3)c2n1. The van der Waals surface area contributed by atoms with Crippen molar-refractivity contribution in [2.75, 3.05) is 6.61 Å². The van der Waals surface area contributed by atoms with Crippen molar-refractivity contribution in [3.63, 3.8) is 0 Å². The molecule has 0 fully saturated rings. The highest BCUT2D eigenvalue weighted by Gasteiger charge is 2.18. The van der Waals surface area contributed by atoms with Gasteiger partial charge in [0.15, 0.2) is 0 Å². The highest BCUT2D eigenvalue weighted by molar-refractivity contribution is 7.16. The lowest BCUT2D eigenvalue weighted by Crippen LogP contribution is -2.23. The Balaban J connectivity index is 1.74. The molecule has 2 aromatic carbocycles. The molecule has 0 aliphatic carbocycles. The Hall–Kier alpha value is -3.92. The molecule has 3 aromatic heterocycles. The van der Waals surface area contributed by atoms with Gasteiger partial charge in [0.25, 0.3) is 5.56 Å². The van der Waals surface area contributed by atoms with Gasteiger partial charge in [0.1, 0.15) is 16.8 Å². The van der Waals surface area contributed by atoms with Crippen LogP contribution in [0, 0.1) is 0 Å². The monoisotopic (exact) mass is 466 g/mol. The van der Waals surface area contributed by atoms with E-state index in [4.69, 9.17) is 4.74 Å². The number of thiazole rings is 1. The van der Waals surface area contributed by atoms with Crippen LogP contribution in [0.5, 0.6) is 11.6 Å². The third-order valence-corrected chi connectivity index (χ3v) is 5.71. The van der Waals surface area contributed by atoms with Crippen LogP contribution < -0.4 is 15.0 Å². The third kappa shape index (κ3) is 4.00. The van der Waals surface area contributed by atoms with Gasteiger partial charge in [-0.15, -0.1) is 11.3 Å². The molecule has 7 nitrogen and oxygen atoms in total. The molecule has 166 valence electrons. The summed E-state index contributed by atoms with van der Waals surface area (Å²) in [5.74, 6) is 0.347. The average molecular weight is 466 g/mol. The van der Waals surface area contributed by atoms with Gasteiger partial charge in [0, 0.05) is 6.07 Å². The Bertz CT molecular complexity index is 1520. The van der Waals surface area contributed by atoms with Crippen molar-refractivity contribution >= 4 is 32.6 Å². The number of benzene rings is 2. The second-order valence-corrected chi connectivity index (χ2v) is 7.84. The van der Waals surface area contributed by atoms with Crippen LogP contribution in [0.15, 0.2) is 64.9 Å². The molecule has 0 saturated heterocycles. The Kier molecular flexibility index (Phi) is 5.43. The van der Waals surface area contributed by atoms with Crippen molar-refractivity contribution < 1.29 is 18.3 Å². The number of hydrogen-bond donors (Lipinski definition) is 0. The van der Waals surface area contributed by atoms with E-state index in [2.05, 4.69) is 19.8 Å². The van der Waals surface area contributed by atoms with Gasteiger partial charge in [-0.2, -0.15) is 18.6 Å². The van der Waals surface area contributed by atoms with Crippen molar-refractivity contribution in [2.45, 2.75) is 13.5 Å². The number of pyridine rings is 1. The van der Waals surface area contributed by atoms with Gasteiger partial charge >= 0.3 is 6.61 Å². The van der Waals surface area contributed by atoms with Crippen LogP contribution in [0.4, 0.5) is 8.78 Å². The topological polar surface area (TPSA) is 79.1 Å². The van der Waals surface area contributed by atoms with Gasteiger partial charge in [-0.05, 0) is 48.9 Å². The second kappa shape index (κ2) is 8.55. The van der Waals surface area contributed by atoms with E-state index in [1.807, 2.05) is 19.1 Å². The number of hydrogen-bond acceptors (Lipinski definition) is 7. The van der Waals surface area contributed by atoms with Gasteiger partial charge in [0.05, 0.1) is 33.6 Å². The van der Waals surface area contributed by atoms with E-state index in [9.17, 15) is 13.6 Å². The first kappa shape index (κ1) is 21.0. The summed E-state index contributed by atoms with van der Waals surface area (Å²) >= 11 is 1.46. The fourth-order valence-corrected chi connectivity index (χ4v) is 4.21. The van der Waals surface area contributed by atoms with Gasteiger partial charge in [-0.3, -0.25) is 4.79 Å². The zero-order valence-corrected chi connectivity index (χ0v) is 18.1.